The Morgan fingerprint density at radius 2 is 2.50 bits per heavy atom. The highest BCUT2D eigenvalue weighted by Crippen LogP contribution is 2.08. The predicted molar refractivity (Wildman–Crippen MR) is 51.3 cm³/mol. The molecule has 0 amide bonds. The van der Waals surface area contributed by atoms with Crippen molar-refractivity contribution >= 4 is 0 Å². The molecule has 1 atom stereocenters. The van der Waals surface area contributed by atoms with Crippen LogP contribution in [0.25, 0.3) is 0 Å². The van der Waals surface area contributed by atoms with Crippen LogP contribution in [-0.2, 0) is 4.74 Å². The van der Waals surface area contributed by atoms with Gasteiger partial charge >= 0.3 is 0 Å². The highest BCUT2D eigenvalue weighted by atomic mass is 16.5. The van der Waals surface area contributed by atoms with E-state index in [0.29, 0.717) is 12.6 Å². The van der Waals surface area contributed by atoms with Crippen molar-refractivity contribution in [1.82, 2.24) is 5.32 Å². The second-order valence-electron chi connectivity index (χ2n) is 3.59. The Kier molecular flexibility index (Phi) is 4.33. The number of ether oxygens (including phenoxy) is 1. The van der Waals surface area contributed by atoms with Crippen LogP contribution in [0, 0.1) is 0 Å². The Hall–Kier alpha value is -0.340. The van der Waals surface area contributed by atoms with Gasteiger partial charge in [-0.15, -0.1) is 0 Å². The van der Waals surface area contributed by atoms with Crippen LogP contribution in [0.1, 0.15) is 26.2 Å². The SMILES string of the molecule is C=C(C)COCCC1CCCN1. The molecule has 0 aromatic heterocycles. The molecule has 0 aliphatic carbocycles. The smallest absolute Gasteiger partial charge is 0.0671 e. The Bertz CT molecular complexity index is 139. The van der Waals surface area contributed by atoms with E-state index in [1.165, 1.54) is 19.4 Å². The van der Waals surface area contributed by atoms with Crippen molar-refractivity contribution in [3.63, 3.8) is 0 Å². The van der Waals surface area contributed by atoms with Crippen LogP contribution in [0.3, 0.4) is 0 Å². The van der Waals surface area contributed by atoms with E-state index in [1.54, 1.807) is 0 Å². The van der Waals surface area contributed by atoms with Crippen molar-refractivity contribution in [3.8, 4) is 0 Å². The lowest BCUT2D eigenvalue weighted by Crippen LogP contribution is -2.22. The molecule has 2 heteroatoms. The molecule has 0 spiro atoms. The molecule has 1 aliphatic heterocycles. The zero-order chi connectivity index (χ0) is 8.81. The molecule has 1 fully saturated rings. The molecule has 1 aliphatic rings. The third-order valence-corrected chi connectivity index (χ3v) is 2.12. The Morgan fingerprint density at radius 3 is 3.08 bits per heavy atom. The van der Waals surface area contributed by atoms with E-state index >= 15 is 0 Å². The fraction of sp³-hybridized carbons (Fsp3) is 0.800. The van der Waals surface area contributed by atoms with Gasteiger partial charge in [0, 0.05) is 12.6 Å². The zero-order valence-corrected chi connectivity index (χ0v) is 7.94. The van der Waals surface area contributed by atoms with E-state index in [4.69, 9.17) is 4.74 Å². The molecule has 1 rings (SSSR count). The summed E-state index contributed by atoms with van der Waals surface area (Å²) in [5, 5.41) is 3.44. The van der Waals surface area contributed by atoms with Crippen molar-refractivity contribution in [2.75, 3.05) is 19.8 Å². The van der Waals surface area contributed by atoms with Crippen molar-refractivity contribution in [1.29, 1.82) is 0 Å². The first-order chi connectivity index (χ1) is 5.79. The summed E-state index contributed by atoms with van der Waals surface area (Å²) in [6.07, 6.45) is 3.79. The second-order valence-corrected chi connectivity index (χ2v) is 3.59. The largest absolute Gasteiger partial charge is 0.377 e. The fourth-order valence-corrected chi connectivity index (χ4v) is 1.48. The van der Waals surface area contributed by atoms with Gasteiger partial charge in [0.25, 0.3) is 0 Å². The first-order valence-corrected chi connectivity index (χ1v) is 4.74. The van der Waals surface area contributed by atoms with E-state index in [9.17, 15) is 0 Å². The van der Waals surface area contributed by atoms with Crippen LogP contribution in [0.4, 0.5) is 0 Å². The van der Waals surface area contributed by atoms with Gasteiger partial charge in [0.15, 0.2) is 0 Å². The van der Waals surface area contributed by atoms with Crippen LogP contribution in [0.5, 0.6) is 0 Å². The van der Waals surface area contributed by atoms with E-state index in [2.05, 4.69) is 11.9 Å². The molecule has 0 saturated carbocycles. The molecular formula is C10H19NO. The van der Waals surface area contributed by atoms with E-state index in [-0.39, 0.29) is 0 Å². The molecule has 1 saturated heterocycles. The molecule has 70 valence electrons. The molecule has 2 nitrogen and oxygen atoms in total. The average Bonchev–Trinajstić information content (AvgIpc) is 2.49. The maximum absolute atomic E-state index is 5.42. The molecule has 0 aromatic rings. The zero-order valence-electron chi connectivity index (χ0n) is 7.94. The van der Waals surface area contributed by atoms with Crippen molar-refractivity contribution in [2.24, 2.45) is 0 Å². The molecular weight excluding hydrogens is 150 g/mol. The summed E-state index contributed by atoms with van der Waals surface area (Å²) in [6.45, 7) is 8.54. The van der Waals surface area contributed by atoms with Gasteiger partial charge in [0.1, 0.15) is 0 Å². The lowest BCUT2D eigenvalue weighted by atomic mass is 10.2. The molecule has 0 radical (unpaired) electrons. The molecule has 0 bridgehead atoms. The highest BCUT2D eigenvalue weighted by molar-refractivity contribution is 4.87. The summed E-state index contributed by atoms with van der Waals surface area (Å²) >= 11 is 0. The molecule has 0 aromatic carbocycles. The number of hydrogen-bond acceptors (Lipinski definition) is 2. The molecule has 1 heterocycles. The Balaban J connectivity index is 1.91. The van der Waals surface area contributed by atoms with Gasteiger partial charge in [-0.1, -0.05) is 12.2 Å². The summed E-state index contributed by atoms with van der Waals surface area (Å²) in [4.78, 5) is 0. The minimum atomic E-state index is 0.704. The van der Waals surface area contributed by atoms with E-state index in [0.717, 1.165) is 18.6 Å². The van der Waals surface area contributed by atoms with Crippen LogP contribution >= 0.6 is 0 Å². The molecule has 1 N–H and O–H groups in total. The Labute approximate surface area is 75.0 Å². The van der Waals surface area contributed by atoms with Crippen molar-refractivity contribution in [2.45, 2.75) is 32.2 Å². The van der Waals surface area contributed by atoms with Crippen LogP contribution in [-0.4, -0.2) is 25.8 Å². The number of rotatable bonds is 5. The fourth-order valence-electron chi connectivity index (χ4n) is 1.48. The van der Waals surface area contributed by atoms with Gasteiger partial charge in [0.05, 0.1) is 6.61 Å². The van der Waals surface area contributed by atoms with Crippen molar-refractivity contribution in [3.05, 3.63) is 12.2 Å². The van der Waals surface area contributed by atoms with Gasteiger partial charge < -0.3 is 10.1 Å². The van der Waals surface area contributed by atoms with Gasteiger partial charge in [-0.2, -0.15) is 0 Å². The third kappa shape index (κ3) is 3.88. The minimum absolute atomic E-state index is 0.704. The summed E-state index contributed by atoms with van der Waals surface area (Å²) in [5.41, 5.74) is 1.11. The topological polar surface area (TPSA) is 21.3 Å². The standard InChI is InChI=1S/C10H19NO/c1-9(2)8-12-7-5-10-4-3-6-11-10/h10-11H,1,3-8H2,2H3. The number of nitrogens with one attached hydrogen (secondary N) is 1. The maximum atomic E-state index is 5.42. The van der Waals surface area contributed by atoms with Crippen LogP contribution in [0.15, 0.2) is 12.2 Å². The maximum Gasteiger partial charge on any atom is 0.0671 e. The summed E-state index contributed by atoms with van der Waals surface area (Å²) < 4.78 is 5.42. The number of hydrogen-bond donors (Lipinski definition) is 1. The lowest BCUT2D eigenvalue weighted by Gasteiger charge is -2.09. The third-order valence-electron chi connectivity index (χ3n) is 2.12. The molecule has 1 unspecified atom stereocenters. The first kappa shape index (κ1) is 9.75. The summed E-state index contributed by atoms with van der Waals surface area (Å²) in [6, 6.07) is 0.704. The normalized spacial score (nSPS) is 22.9. The van der Waals surface area contributed by atoms with E-state index < -0.39 is 0 Å². The van der Waals surface area contributed by atoms with Gasteiger partial charge in [0.2, 0.25) is 0 Å². The van der Waals surface area contributed by atoms with Crippen LogP contribution < -0.4 is 5.32 Å². The summed E-state index contributed by atoms with van der Waals surface area (Å²) in [7, 11) is 0. The van der Waals surface area contributed by atoms with E-state index in [1.807, 2.05) is 6.92 Å². The Morgan fingerprint density at radius 1 is 1.67 bits per heavy atom. The first-order valence-electron chi connectivity index (χ1n) is 4.74. The van der Waals surface area contributed by atoms with Gasteiger partial charge in [-0.3, -0.25) is 0 Å². The lowest BCUT2D eigenvalue weighted by molar-refractivity contribution is 0.146. The van der Waals surface area contributed by atoms with Gasteiger partial charge in [-0.05, 0) is 32.7 Å². The monoisotopic (exact) mass is 169 g/mol. The quantitative estimate of drug-likeness (QED) is 0.500. The molecule has 12 heavy (non-hydrogen) atoms. The summed E-state index contributed by atoms with van der Waals surface area (Å²) in [5.74, 6) is 0. The highest BCUT2D eigenvalue weighted by Gasteiger charge is 2.12. The predicted octanol–water partition coefficient (Wildman–Crippen LogP) is 1.72. The average molecular weight is 169 g/mol. The minimum Gasteiger partial charge on any atom is -0.377 e. The second kappa shape index (κ2) is 5.33. The van der Waals surface area contributed by atoms with Gasteiger partial charge in [-0.25, -0.2) is 0 Å². The van der Waals surface area contributed by atoms with Crippen molar-refractivity contribution < 1.29 is 4.74 Å². The van der Waals surface area contributed by atoms with Crippen LogP contribution in [0.2, 0.25) is 0 Å².